The summed E-state index contributed by atoms with van der Waals surface area (Å²) in [4.78, 5) is 25.6. The second kappa shape index (κ2) is 9.83. The van der Waals surface area contributed by atoms with Gasteiger partial charge in [0.05, 0.1) is 21.7 Å². The number of anilines is 1. The molecule has 0 radical (unpaired) electrons. The smallest absolute Gasteiger partial charge is 0.412 e. The number of Topliss-reactive ketones (excluding diaryl/α,β-unsaturated/α-hetero) is 1. The number of rotatable bonds is 7. The normalized spacial score (nSPS) is 17.1. The average Bonchev–Trinajstić information content (AvgIpc) is 3.46. The van der Waals surface area contributed by atoms with E-state index in [1.807, 2.05) is 26.0 Å². The molecule has 1 N–H and O–H groups in total. The van der Waals surface area contributed by atoms with Crippen molar-refractivity contribution in [1.29, 1.82) is 0 Å². The lowest BCUT2D eigenvalue weighted by molar-refractivity contribution is -0.119. The Morgan fingerprint density at radius 3 is 2.19 bits per heavy atom. The SMILES string of the molecule is CC(=O)C1(c2ccc(-c3ccc(-c4snc(C)c4NC(=O)OC(C)C4=C(Cl)CCC4)cc3)cc2)CC1. The van der Waals surface area contributed by atoms with E-state index in [0.717, 1.165) is 75.5 Å². The molecule has 36 heavy (non-hydrogen) atoms. The molecule has 5 nitrogen and oxygen atoms in total. The molecule has 1 saturated carbocycles. The second-order valence-electron chi connectivity index (χ2n) is 9.72. The summed E-state index contributed by atoms with van der Waals surface area (Å²) in [5.74, 6) is 0.252. The van der Waals surface area contributed by atoms with Crippen LogP contribution in [-0.4, -0.2) is 22.4 Å². The van der Waals surface area contributed by atoms with E-state index in [-0.39, 0.29) is 17.3 Å². The molecule has 0 bridgehead atoms. The first kappa shape index (κ1) is 24.7. The topological polar surface area (TPSA) is 68.3 Å². The molecule has 1 heterocycles. The Bertz CT molecular complexity index is 1340. The molecule has 7 heteroatoms. The maximum absolute atomic E-state index is 12.7. The van der Waals surface area contributed by atoms with Gasteiger partial charge in [0.2, 0.25) is 0 Å². The molecular formula is C29H29ClN2O3S. The Kier molecular flexibility index (Phi) is 6.75. The zero-order chi connectivity index (χ0) is 25.4. The van der Waals surface area contributed by atoms with Crippen LogP contribution in [0.4, 0.5) is 10.5 Å². The van der Waals surface area contributed by atoms with E-state index in [4.69, 9.17) is 16.3 Å². The summed E-state index contributed by atoms with van der Waals surface area (Å²) in [6.07, 6.45) is 3.74. The Morgan fingerprint density at radius 1 is 1.03 bits per heavy atom. The molecule has 3 aromatic rings. The number of halogens is 1. The van der Waals surface area contributed by atoms with E-state index in [1.165, 1.54) is 11.5 Å². The molecule has 2 aliphatic carbocycles. The number of hydrogen-bond acceptors (Lipinski definition) is 5. The van der Waals surface area contributed by atoms with Crippen LogP contribution in [0.15, 0.2) is 59.1 Å². The van der Waals surface area contributed by atoms with Gasteiger partial charge >= 0.3 is 6.09 Å². The Labute approximate surface area is 220 Å². The molecule has 0 aliphatic heterocycles. The number of aromatic nitrogens is 1. The number of hydrogen-bond donors (Lipinski definition) is 1. The highest BCUT2D eigenvalue weighted by Crippen LogP contribution is 2.49. The van der Waals surface area contributed by atoms with Crippen LogP contribution in [-0.2, 0) is 14.9 Å². The first-order valence-electron chi connectivity index (χ1n) is 12.3. The van der Waals surface area contributed by atoms with E-state index >= 15 is 0 Å². The van der Waals surface area contributed by atoms with Crippen LogP contribution in [0.3, 0.4) is 0 Å². The summed E-state index contributed by atoms with van der Waals surface area (Å²) in [5.41, 5.74) is 6.43. The van der Waals surface area contributed by atoms with Crippen molar-refractivity contribution >= 4 is 40.7 Å². The number of aryl methyl sites for hydroxylation is 1. The van der Waals surface area contributed by atoms with E-state index in [9.17, 15) is 9.59 Å². The average molecular weight is 521 g/mol. The van der Waals surface area contributed by atoms with Gasteiger partial charge in [-0.25, -0.2) is 4.79 Å². The van der Waals surface area contributed by atoms with Crippen LogP contribution in [0.25, 0.3) is 21.6 Å². The molecule has 1 fully saturated rings. The summed E-state index contributed by atoms with van der Waals surface area (Å²) < 4.78 is 10.1. The number of amides is 1. The first-order chi connectivity index (χ1) is 17.3. The van der Waals surface area contributed by atoms with Crippen molar-refractivity contribution < 1.29 is 14.3 Å². The van der Waals surface area contributed by atoms with Crippen molar-refractivity contribution in [3.05, 3.63) is 70.4 Å². The van der Waals surface area contributed by atoms with Gasteiger partial charge in [-0.3, -0.25) is 10.1 Å². The van der Waals surface area contributed by atoms with Gasteiger partial charge in [0.1, 0.15) is 11.9 Å². The van der Waals surface area contributed by atoms with E-state index in [1.54, 1.807) is 6.92 Å². The minimum Gasteiger partial charge on any atom is -0.442 e. The van der Waals surface area contributed by atoms with Crippen molar-refractivity contribution in [2.45, 2.75) is 64.4 Å². The van der Waals surface area contributed by atoms with Crippen molar-refractivity contribution in [2.75, 3.05) is 5.32 Å². The number of benzene rings is 2. The van der Waals surface area contributed by atoms with Crippen LogP contribution in [0.5, 0.6) is 0 Å². The second-order valence-corrected chi connectivity index (χ2v) is 11.0. The fraction of sp³-hybridized carbons (Fsp3) is 0.345. The summed E-state index contributed by atoms with van der Waals surface area (Å²) in [7, 11) is 0. The van der Waals surface area contributed by atoms with Gasteiger partial charge in [-0.05, 0) is 92.2 Å². The first-order valence-corrected chi connectivity index (χ1v) is 13.5. The lowest BCUT2D eigenvalue weighted by atomic mass is 9.90. The number of ketones is 1. The maximum Gasteiger partial charge on any atom is 0.412 e. The monoisotopic (exact) mass is 520 g/mol. The fourth-order valence-electron chi connectivity index (χ4n) is 5.00. The highest BCUT2D eigenvalue weighted by Gasteiger charge is 2.48. The summed E-state index contributed by atoms with van der Waals surface area (Å²) in [5, 5.41) is 3.71. The number of allylic oxidation sites excluding steroid dienone is 1. The third-order valence-corrected chi connectivity index (χ3v) is 8.82. The van der Waals surface area contributed by atoms with E-state index < -0.39 is 6.09 Å². The van der Waals surface area contributed by atoms with Crippen LogP contribution < -0.4 is 5.32 Å². The molecule has 0 saturated heterocycles. The molecule has 1 aromatic heterocycles. The zero-order valence-corrected chi connectivity index (χ0v) is 22.3. The lowest BCUT2D eigenvalue weighted by Crippen LogP contribution is -2.22. The molecular weight excluding hydrogens is 492 g/mol. The van der Waals surface area contributed by atoms with Crippen molar-refractivity contribution in [3.63, 3.8) is 0 Å². The predicted molar refractivity (Wildman–Crippen MR) is 146 cm³/mol. The van der Waals surface area contributed by atoms with Gasteiger partial charge in [0.15, 0.2) is 0 Å². The van der Waals surface area contributed by atoms with Crippen LogP contribution in [0, 0.1) is 6.92 Å². The van der Waals surface area contributed by atoms with Crippen LogP contribution >= 0.6 is 23.1 Å². The van der Waals surface area contributed by atoms with Crippen LogP contribution in [0.2, 0.25) is 0 Å². The standard InChI is InChI=1S/C29H29ClN2O3S/c1-17-26(31-28(34)35-18(2)24-5-4-6-25(24)30)27(36-32-17)22-9-7-20(8-10-22)21-11-13-23(14-12-21)29(15-16-29)19(3)33/h7-14,18H,4-6,15-16H2,1-3H3,(H,31,34). The van der Waals surface area contributed by atoms with Crippen molar-refractivity contribution in [3.8, 4) is 21.6 Å². The number of ether oxygens (including phenoxy) is 1. The molecule has 2 aromatic carbocycles. The quantitative estimate of drug-likeness (QED) is 0.342. The third-order valence-electron chi connectivity index (χ3n) is 7.40. The largest absolute Gasteiger partial charge is 0.442 e. The van der Waals surface area contributed by atoms with Gasteiger partial charge in [-0.1, -0.05) is 60.1 Å². The number of nitrogens with zero attached hydrogens (tertiary/aromatic N) is 1. The predicted octanol–water partition coefficient (Wildman–Crippen LogP) is 8.02. The van der Waals surface area contributed by atoms with Gasteiger partial charge in [-0.15, -0.1) is 0 Å². The fourth-order valence-corrected chi connectivity index (χ4v) is 6.23. The summed E-state index contributed by atoms with van der Waals surface area (Å²) in [6, 6.07) is 16.5. The molecule has 0 spiro atoms. The molecule has 1 unspecified atom stereocenters. The Balaban J connectivity index is 1.30. The van der Waals surface area contributed by atoms with Gasteiger partial charge in [0, 0.05) is 5.03 Å². The number of nitrogens with one attached hydrogen (secondary N) is 1. The minimum atomic E-state index is -0.508. The Morgan fingerprint density at radius 2 is 1.64 bits per heavy atom. The number of carbonyl (C=O) groups is 2. The van der Waals surface area contributed by atoms with Crippen LogP contribution in [0.1, 0.15) is 57.2 Å². The highest BCUT2D eigenvalue weighted by molar-refractivity contribution is 7.10. The molecule has 5 rings (SSSR count). The summed E-state index contributed by atoms with van der Waals surface area (Å²) in [6.45, 7) is 5.42. The molecule has 2 aliphatic rings. The minimum absolute atomic E-state index is 0.252. The molecule has 1 amide bonds. The van der Waals surface area contributed by atoms with Crippen molar-refractivity contribution in [1.82, 2.24) is 4.37 Å². The Hall–Kier alpha value is -2.96. The third kappa shape index (κ3) is 4.72. The highest BCUT2D eigenvalue weighted by atomic mass is 35.5. The molecule has 186 valence electrons. The van der Waals surface area contributed by atoms with Gasteiger partial charge in [-0.2, -0.15) is 4.37 Å². The lowest BCUT2D eigenvalue weighted by Gasteiger charge is -2.16. The van der Waals surface area contributed by atoms with E-state index in [2.05, 4.69) is 46.1 Å². The van der Waals surface area contributed by atoms with Gasteiger partial charge < -0.3 is 4.74 Å². The number of carbonyl (C=O) groups excluding carboxylic acids is 2. The van der Waals surface area contributed by atoms with Gasteiger partial charge in [0.25, 0.3) is 0 Å². The molecule has 1 atom stereocenters. The summed E-state index contributed by atoms with van der Waals surface area (Å²) >= 11 is 7.62. The van der Waals surface area contributed by atoms with Crippen molar-refractivity contribution in [2.24, 2.45) is 0 Å². The maximum atomic E-state index is 12.7. The van der Waals surface area contributed by atoms with E-state index in [0.29, 0.717) is 5.69 Å². The zero-order valence-electron chi connectivity index (χ0n) is 20.7.